The van der Waals surface area contributed by atoms with Crippen LogP contribution in [0.2, 0.25) is 10.0 Å². The van der Waals surface area contributed by atoms with Crippen LogP contribution in [0.1, 0.15) is 17.3 Å². The predicted molar refractivity (Wildman–Crippen MR) is 70.1 cm³/mol. The second-order valence-corrected chi connectivity index (χ2v) is 4.41. The van der Waals surface area contributed by atoms with Crippen molar-refractivity contribution >= 4 is 35.1 Å². The summed E-state index contributed by atoms with van der Waals surface area (Å²) in [5.74, 6) is -0.768. The van der Waals surface area contributed by atoms with Crippen molar-refractivity contribution in [2.45, 2.75) is 6.92 Å². The van der Waals surface area contributed by atoms with Crippen molar-refractivity contribution in [2.24, 2.45) is 0 Å². The number of amides is 1. The highest BCUT2D eigenvalue weighted by atomic mass is 35.5. The Labute approximate surface area is 115 Å². The van der Waals surface area contributed by atoms with Crippen LogP contribution in [0.5, 0.6) is 0 Å². The van der Waals surface area contributed by atoms with Gasteiger partial charge in [-0.1, -0.05) is 23.2 Å². The zero-order valence-corrected chi connectivity index (χ0v) is 11.6. The van der Waals surface area contributed by atoms with Gasteiger partial charge in [-0.2, -0.15) is 0 Å². The molecule has 0 atom stereocenters. The molecular formula is C12H13Cl2NO3. The maximum Gasteiger partial charge on any atom is 0.325 e. The van der Waals surface area contributed by atoms with Gasteiger partial charge in [-0.15, -0.1) is 0 Å². The molecule has 0 spiro atoms. The fourth-order valence-electron chi connectivity index (χ4n) is 1.32. The summed E-state index contributed by atoms with van der Waals surface area (Å²) in [5.41, 5.74) is 0.371. The molecule has 0 heterocycles. The Morgan fingerprint density at radius 3 is 2.50 bits per heavy atom. The third-order valence-electron chi connectivity index (χ3n) is 2.18. The maximum absolute atomic E-state index is 12.0. The zero-order valence-electron chi connectivity index (χ0n) is 10.1. The Bertz CT molecular complexity index is 463. The minimum absolute atomic E-state index is 0.104. The fourth-order valence-corrected chi connectivity index (χ4v) is 1.62. The molecule has 0 aliphatic heterocycles. The molecular weight excluding hydrogens is 277 g/mol. The molecule has 4 nitrogen and oxygen atoms in total. The smallest absolute Gasteiger partial charge is 0.325 e. The lowest BCUT2D eigenvalue weighted by Crippen LogP contribution is -2.33. The molecule has 0 unspecified atom stereocenters. The van der Waals surface area contributed by atoms with Crippen LogP contribution in [0.3, 0.4) is 0 Å². The van der Waals surface area contributed by atoms with Gasteiger partial charge in [0.05, 0.1) is 16.7 Å². The number of rotatable bonds is 4. The third-order valence-corrected chi connectivity index (χ3v) is 2.92. The lowest BCUT2D eigenvalue weighted by Gasteiger charge is -2.16. The summed E-state index contributed by atoms with van der Waals surface area (Å²) >= 11 is 11.6. The largest absolute Gasteiger partial charge is 0.465 e. The van der Waals surface area contributed by atoms with Crippen molar-refractivity contribution < 1.29 is 14.3 Å². The highest BCUT2D eigenvalue weighted by Gasteiger charge is 2.16. The number of hydrogen-bond acceptors (Lipinski definition) is 3. The van der Waals surface area contributed by atoms with Crippen LogP contribution in [0.15, 0.2) is 18.2 Å². The van der Waals surface area contributed by atoms with Crippen molar-refractivity contribution in [1.82, 2.24) is 4.90 Å². The standard InChI is InChI=1S/C12H13Cl2NO3/c1-3-18-11(16)7-15(2)12(17)8-4-5-9(13)10(14)6-8/h4-6H,3,7H2,1-2H3. The number of esters is 1. The topological polar surface area (TPSA) is 46.6 Å². The van der Waals surface area contributed by atoms with E-state index in [4.69, 9.17) is 27.9 Å². The Morgan fingerprint density at radius 2 is 1.94 bits per heavy atom. The van der Waals surface area contributed by atoms with Crippen LogP contribution in [-0.2, 0) is 9.53 Å². The van der Waals surface area contributed by atoms with Gasteiger partial charge in [-0.05, 0) is 25.1 Å². The van der Waals surface area contributed by atoms with E-state index < -0.39 is 5.97 Å². The summed E-state index contributed by atoms with van der Waals surface area (Å²) in [7, 11) is 1.52. The summed E-state index contributed by atoms with van der Waals surface area (Å²) in [6, 6.07) is 4.56. The number of carbonyl (C=O) groups is 2. The fraction of sp³-hybridized carbons (Fsp3) is 0.333. The van der Waals surface area contributed by atoms with E-state index in [9.17, 15) is 9.59 Å². The maximum atomic E-state index is 12.0. The molecule has 1 rings (SSSR count). The normalized spacial score (nSPS) is 10.0. The van der Waals surface area contributed by atoms with E-state index in [2.05, 4.69) is 0 Å². The van der Waals surface area contributed by atoms with Crippen LogP contribution >= 0.6 is 23.2 Å². The number of halogens is 2. The minimum atomic E-state index is -0.451. The number of ether oxygens (including phenoxy) is 1. The molecule has 1 aromatic rings. The predicted octanol–water partition coefficient (Wildman–Crippen LogP) is 2.63. The van der Waals surface area contributed by atoms with E-state index in [1.807, 2.05) is 0 Å². The van der Waals surface area contributed by atoms with Crippen molar-refractivity contribution in [2.75, 3.05) is 20.2 Å². The average Bonchev–Trinajstić information content (AvgIpc) is 2.32. The van der Waals surface area contributed by atoms with Gasteiger partial charge >= 0.3 is 5.97 Å². The summed E-state index contributed by atoms with van der Waals surface area (Å²) < 4.78 is 4.76. The van der Waals surface area contributed by atoms with E-state index in [0.29, 0.717) is 15.6 Å². The molecule has 0 bridgehead atoms. The van der Waals surface area contributed by atoms with Crippen molar-refractivity contribution in [3.8, 4) is 0 Å². The summed E-state index contributed by atoms with van der Waals surface area (Å²) in [5, 5.41) is 0.674. The molecule has 0 aliphatic rings. The molecule has 6 heteroatoms. The first-order chi connectivity index (χ1) is 8.45. The average molecular weight is 290 g/mol. The Hall–Kier alpha value is -1.26. The van der Waals surface area contributed by atoms with Crippen LogP contribution in [0.25, 0.3) is 0 Å². The number of likely N-dealkylation sites (N-methyl/N-ethyl adjacent to an activating group) is 1. The minimum Gasteiger partial charge on any atom is -0.465 e. The first kappa shape index (κ1) is 14.8. The quantitative estimate of drug-likeness (QED) is 0.801. The summed E-state index contributed by atoms with van der Waals surface area (Å²) in [6.07, 6.45) is 0. The molecule has 98 valence electrons. The van der Waals surface area contributed by atoms with Crippen LogP contribution in [-0.4, -0.2) is 37.0 Å². The summed E-state index contributed by atoms with van der Waals surface area (Å²) in [6.45, 7) is 1.89. The molecule has 1 aromatic carbocycles. The number of nitrogens with zero attached hydrogens (tertiary/aromatic N) is 1. The lowest BCUT2D eigenvalue weighted by molar-refractivity contribution is -0.143. The zero-order chi connectivity index (χ0) is 13.7. The van der Waals surface area contributed by atoms with Gasteiger partial charge < -0.3 is 9.64 Å². The van der Waals surface area contributed by atoms with Gasteiger partial charge in [0, 0.05) is 12.6 Å². The second-order valence-electron chi connectivity index (χ2n) is 3.60. The third kappa shape index (κ3) is 3.89. The molecule has 0 saturated heterocycles. The van der Waals surface area contributed by atoms with Gasteiger partial charge in [-0.3, -0.25) is 9.59 Å². The van der Waals surface area contributed by atoms with Gasteiger partial charge in [0.1, 0.15) is 6.54 Å². The first-order valence-electron chi connectivity index (χ1n) is 5.31. The van der Waals surface area contributed by atoms with Crippen LogP contribution < -0.4 is 0 Å². The molecule has 18 heavy (non-hydrogen) atoms. The Kier molecular flexibility index (Phi) is 5.44. The van der Waals surface area contributed by atoms with E-state index in [1.165, 1.54) is 24.1 Å². The number of carbonyl (C=O) groups excluding carboxylic acids is 2. The highest BCUT2D eigenvalue weighted by Crippen LogP contribution is 2.23. The first-order valence-corrected chi connectivity index (χ1v) is 6.07. The number of hydrogen-bond donors (Lipinski definition) is 0. The monoisotopic (exact) mass is 289 g/mol. The van der Waals surface area contributed by atoms with Crippen molar-refractivity contribution in [1.29, 1.82) is 0 Å². The molecule has 0 aromatic heterocycles. The van der Waals surface area contributed by atoms with Crippen molar-refractivity contribution in [3.05, 3.63) is 33.8 Å². The Morgan fingerprint density at radius 1 is 1.28 bits per heavy atom. The molecule has 0 saturated carbocycles. The molecule has 0 aliphatic carbocycles. The number of benzene rings is 1. The second kappa shape index (κ2) is 6.61. The van der Waals surface area contributed by atoms with Crippen molar-refractivity contribution in [3.63, 3.8) is 0 Å². The van der Waals surface area contributed by atoms with E-state index in [-0.39, 0.29) is 19.1 Å². The van der Waals surface area contributed by atoms with Crippen LogP contribution in [0.4, 0.5) is 0 Å². The van der Waals surface area contributed by atoms with E-state index in [0.717, 1.165) is 0 Å². The molecule has 1 amide bonds. The Balaban J connectivity index is 2.74. The molecule has 0 fully saturated rings. The van der Waals surface area contributed by atoms with Gasteiger partial charge in [0.15, 0.2) is 0 Å². The van der Waals surface area contributed by atoms with E-state index in [1.54, 1.807) is 13.0 Å². The van der Waals surface area contributed by atoms with Crippen LogP contribution in [0, 0.1) is 0 Å². The van der Waals surface area contributed by atoms with Gasteiger partial charge in [0.2, 0.25) is 0 Å². The summed E-state index contributed by atoms with van der Waals surface area (Å²) in [4.78, 5) is 24.5. The lowest BCUT2D eigenvalue weighted by atomic mass is 10.2. The van der Waals surface area contributed by atoms with E-state index >= 15 is 0 Å². The van der Waals surface area contributed by atoms with Gasteiger partial charge in [0.25, 0.3) is 5.91 Å². The molecule has 0 radical (unpaired) electrons. The SMILES string of the molecule is CCOC(=O)CN(C)C(=O)c1ccc(Cl)c(Cl)c1. The van der Waals surface area contributed by atoms with Gasteiger partial charge in [-0.25, -0.2) is 0 Å². The highest BCUT2D eigenvalue weighted by molar-refractivity contribution is 6.42. The molecule has 0 N–H and O–H groups in total.